The molecule has 0 unspecified atom stereocenters. The maximum absolute atomic E-state index is 11.9. The van der Waals surface area contributed by atoms with Gasteiger partial charge in [-0.2, -0.15) is 0 Å². The van der Waals surface area contributed by atoms with Crippen LogP contribution in [-0.2, 0) is 9.59 Å². The molecule has 0 saturated carbocycles. The highest BCUT2D eigenvalue weighted by Gasteiger charge is 2.07. The van der Waals surface area contributed by atoms with Crippen LogP contribution in [0, 0.1) is 6.92 Å². The summed E-state index contributed by atoms with van der Waals surface area (Å²) in [6, 6.07) is 7.41. The van der Waals surface area contributed by atoms with Crippen molar-refractivity contribution in [1.82, 2.24) is 15.3 Å². The molecule has 1 aromatic heterocycles. The fourth-order valence-corrected chi connectivity index (χ4v) is 2.38. The number of hydrogen-bond acceptors (Lipinski definition) is 5. The summed E-state index contributed by atoms with van der Waals surface area (Å²) in [6.45, 7) is 2.64. The third kappa shape index (κ3) is 6.88. The van der Waals surface area contributed by atoms with E-state index in [1.807, 2.05) is 25.1 Å². The molecule has 132 valence electrons. The number of halogens is 1. The van der Waals surface area contributed by atoms with Crippen LogP contribution in [0.25, 0.3) is 0 Å². The second-order valence-corrected chi connectivity index (χ2v) is 6.27. The molecule has 0 bridgehead atoms. The topological polar surface area (TPSA) is 96.0 Å². The number of carbonyl (C=O) groups is 2. The summed E-state index contributed by atoms with van der Waals surface area (Å²) in [6.07, 6.45) is 3.75. The van der Waals surface area contributed by atoms with E-state index >= 15 is 0 Å². The van der Waals surface area contributed by atoms with E-state index in [0.29, 0.717) is 19.0 Å². The summed E-state index contributed by atoms with van der Waals surface area (Å²) in [5.74, 6) is 0.214. The second-order valence-electron chi connectivity index (χ2n) is 5.36. The van der Waals surface area contributed by atoms with Gasteiger partial charge < -0.3 is 16.0 Å². The zero-order valence-corrected chi connectivity index (χ0v) is 15.5. The van der Waals surface area contributed by atoms with Gasteiger partial charge in [0.15, 0.2) is 0 Å². The van der Waals surface area contributed by atoms with Gasteiger partial charge in [-0.05, 0) is 30.7 Å². The van der Waals surface area contributed by atoms with Crippen molar-refractivity contribution in [1.29, 1.82) is 0 Å². The van der Waals surface area contributed by atoms with Crippen molar-refractivity contribution in [3.8, 4) is 0 Å². The molecule has 2 aromatic rings. The number of nitrogens with zero attached hydrogens (tertiary/aromatic N) is 2. The molecule has 0 saturated heterocycles. The van der Waals surface area contributed by atoms with Crippen LogP contribution >= 0.6 is 15.9 Å². The minimum Gasteiger partial charge on any atom is -0.356 e. The molecule has 0 spiro atoms. The van der Waals surface area contributed by atoms with Crippen molar-refractivity contribution in [3.63, 3.8) is 0 Å². The lowest BCUT2D eigenvalue weighted by atomic mass is 10.2. The number of aryl methyl sites for hydroxylation is 1. The van der Waals surface area contributed by atoms with Gasteiger partial charge in [-0.3, -0.25) is 9.59 Å². The normalized spacial score (nSPS) is 10.2. The maximum atomic E-state index is 11.9. The SMILES string of the molecule is Cc1ccc(Br)cc1NC(=O)CCNC(=O)CCNc1ncccn1. The van der Waals surface area contributed by atoms with Crippen molar-refractivity contribution in [2.75, 3.05) is 23.7 Å². The molecule has 7 nitrogen and oxygen atoms in total. The van der Waals surface area contributed by atoms with Crippen LogP contribution in [0.3, 0.4) is 0 Å². The number of amides is 2. The van der Waals surface area contributed by atoms with Gasteiger partial charge in [-0.15, -0.1) is 0 Å². The third-order valence-electron chi connectivity index (χ3n) is 3.35. The molecule has 0 aliphatic heterocycles. The lowest BCUT2D eigenvalue weighted by Gasteiger charge is -2.09. The Bertz CT molecular complexity index is 724. The van der Waals surface area contributed by atoms with E-state index in [1.54, 1.807) is 18.5 Å². The Morgan fingerprint density at radius 2 is 1.80 bits per heavy atom. The average Bonchev–Trinajstić information content (AvgIpc) is 2.59. The Morgan fingerprint density at radius 3 is 2.56 bits per heavy atom. The third-order valence-corrected chi connectivity index (χ3v) is 3.84. The predicted molar refractivity (Wildman–Crippen MR) is 100 cm³/mol. The van der Waals surface area contributed by atoms with Crippen molar-refractivity contribution in [2.45, 2.75) is 19.8 Å². The number of nitrogens with one attached hydrogen (secondary N) is 3. The van der Waals surface area contributed by atoms with Crippen LogP contribution in [0.5, 0.6) is 0 Å². The molecule has 0 fully saturated rings. The molecular formula is C17H20BrN5O2. The van der Waals surface area contributed by atoms with Crippen LogP contribution in [0.1, 0.15) is 18.4 Å². The number of aromatic nitrogens is 2. The highest BCUT2D eigenvalue weighted by Crippen LogP contribution is 2.20. The van der Waals surface area contributed by atoms with Gasteiger partial charge in [-0.1, -0.05) is 22.0 Å². The summed E-state index contributed by atoms with van der Waals surface area (Å²) in [4.78, 5) is 31.7. The van der Waals surface area contributed by atoms with E-state index in [2.05, 4.69) is 41.8 Å². The Balaban J connectivity index is 1.63. The van der Waals surface area contributed by atoms with Gasteiger partial charge in [-0.25, -0.2) is 9.97 Å². The van der Waals surface area contributed by atoms with Crippen LogP contribution < -0.4 is 16.0 Å². The van der Waals surface area contributed by atoms with E-state index in [-0.39, 0.29) is 24.7 Å². The van der Waals surface area contributed by atoms with Gasteiger partial charge in [0, 0.05) is 48.5 Å². The first kappa shape index (κ1) is 18.9. The van der Waals surface area contributed by atoms with Crippen molar-refractivity contribution < 1.29 is 9.59 Å². The van der Waals surface area contributed by atoms with Crippen molar-refractivity contribution in [2.24, 2.45) is 0 Å². The summed E-state index contributed by atoms with van der Waals surface area (Å²) in [5, 5.41) is 8.51. The predicted octanol–water partition coefficient (Wildman–Crippen LogP) is 2.49. The van der Waals surface area contributed by atoms with Crippen molar-refractivity contribution >= 4 is 39.4 Å². The van der Waals surface area contributed by atoms with Crippen LogP contribution in [0.15, 0.2) is 41.1 Å². The Hall–Kier alpha value is -2.48. The van der Waals surface area contributed by atoms with Gasteiger partial charge in [0.05, 0.1) is 0 Å². The van der Waals surface area contributed by atoms with Crippen LogP contribution in [0.4, 0.5) is 11.6 Å². The zero-order chi connectivity index (χ0) is 18.1. The van der Waals surface area contributed by atoms with Crippen LogP contribution in [0.2, 0.25) is 0 Å². The molecule has 8 heteroatoms. The Morgan fingerprint density at radius 1 is 1.08 bits per heavy atom. The quantitative estimate of drug-likeness (QED) is 0.626. The fourth-order valence-electron chi connectivity index (χ4n) is 2.02. The molecular weight excluding hydrogens is 386 g/mol. The molecule has 0 atom stereocenters. The minimum atomic E-state index is -0.141. The van der Waals surface area contributed by atoms with Crippen LogP contribution in [-0.4, -0.2) is 34.9 Å². The van der Waals surface area contributed by atoms with E-state index in [1.165, 1.54) is 0 Å². The number of hydrogen-bond donors (Lipinski definition) is 3. The minimum absolute atomic E-state index is 0.130. The van der Waals surface area contributed by atoms with Gasteiger partial charge >= 0.3 is 0 Å². The number of carbonyl (C=O) groups excluding carboxylic acids is 2. The highest BCUT2D eigenvalue weighted by atomic mass is 79.9. The molecule has 0 aliphatic carbocycles. The first-order valence-electron chi connectivity index (χ1n) is 7.88. The summed E-state index contributed by atoms with van der Waals surface area (Å²) in [5.41, 5.74) is 1.74. The summed E-state index contributed by atoms with van der Waals surface area (Å²) >= 11 is 3.38. The van der Waals surface area contributed by atoms with E-state index in [9.17, 15) is 9.59 Å². The molecule has 1 heterocycles. The monoisotopic (exact) mass is 405 g/mol. The van der Waals surface area contributed by atoms with E-state index < -0.39 is 0 Å². The largest absolute Gasteiger partial charge is 0.356 e. The smallest absolute Gasteiger partial charge is 0.226 e. The molecule has 0 radical (unpaired) electrons. The maximum Gasteiger partial charge on any atom is 0.226 e. The standard InChI is InChI=1S/C17H20BrN5O2/c1-12-3-4-13(18)11-14(12)23-16(25)6-9-19-15(24)5-10-22-17-20-7-2-8-21-17/h2-4,7-8,11H,5-6,9-10H2,1H3,(H,19,24)(H,23,25)(H,20,21,22). The van der Waals surface area contributed by atoms with Crippen molar-refractivity contribution in [3.05, 3.63) is 46.7 Å². The molecule has 2 rings (SSSR count). The fraction of sp³-hybridized carbons (Fsp3) is 0.294. The average molecular weight is 406 g/mol. The number of rotatable bonds is 8. The number of anilines is 2. The second kappa shape index (κ2) is 9.73. The molecule has 2 amide bonds. The summed E-state index contributed by atoms with van der Waals surface area (Å²) < 4.78 is 0.900. The highest BCUT2D eigenvalue weighted by molar-refractivity contribution is 9.10. The molecule has 3 N–H and O–H groups in total. The van der Waals surface area contributed by atoms with Gasteiger partial charge in [0.1, 0.15) is 0 Å². The Kier molecular flexibility index (Phi) is 7.34. The Labute approximate surface area is 154 Å². The molecule has 0 aliphatic rings. The van der Waals surface area contributed by atoms with Gasteiger partial charge in [0.25, 0.3) is 0 Å². The van der Waals surface area contributed by atoms with Gasteiger partial charge in [0.2, 0.25) is 17.8 Å². The summed E-state index contributed by atoms with van der Waals surface area (Å²) in [7, 11) is 0. The van der Waals surface area contributed by atoms with E-state index in [4.69, 9.17) is 0 Å². The van der Waals surface area contributed by atoms with E-state index in [0.717, 1.165) is 15.7 Å². The first-order valence-corrected chi connectivity index (χ1v) is 8.67. The first-order chi connectivity index (χ1) is 12.0. The molecule has 1 aromatic carbocycles. The molecule has 25 heavy (non-hydrogen) atoms. The lowest BCUT2D eigenvalue weighted by molar-refractivity contribution is -0.121. The zero-order valence-electron chi connectivity index (χ0n) is 13.9. The number of benzene rings is 1. The lowest BCUT2D eigenvalue weighted by Crippen LogP contribution is -2.29.